The van der Waals surface area contributed by atoms with Gasteiger partial charge in [0.25, 0.3) is 0 Å². The van der Waals surface area contributed by atoms with Crippen LogP contribution in [-0.2, 0) is 20.9 Å². The molecule has 1 unspecified atom stereocenters. The first-order valence-electron chi connectivity index (χ1n) is 10.9. The predicted octanol–water partition coefficient (Wildman–Crippen LogP) is 1.26. The van der Waals surface area contributed by atoms with Crippen LogP contribution in [0.3, 0.4) is 0 Å². The van der Waals surface area contributed by atoms with Crippen molar-refractivity contribution >= 4 is 17.8 Å². The third-order valence-electron chi connectivity index (χ3n) is 5.77. The van der Waals surface area contributed by atoms with E-state index < -0.39 is 12.2 Å². The minimum atomic E-state index is -0.545. The third-order valence-corrected chi connectivity index (χ3v) is 5.77. The van der Waals surface area contributed by atoms with Crippen molar-refractivity contribution in [3.63, 3.8) is 0 Å². The van der Waals surface area contributed by atoms with E-state index in [2.05, 4.69) is 5.32 Å². The first-order valence-corrected chi connectivity index (χ1v) is 10.9. The number of methoxy groups -OCH3 is 1. The van der Waals surface area contributed by atoms with Crippen LogP contribution < -0.4 is 5.32 Å². The number of carbonyl (C=O) groups is 3. The lowest BCUT2D eigenvalue weighted by Gasteiger charge is -2.54. The molecule has 1 aromatic carbocycles. The molecule has 31 heavy (non-hydrogen) atoms. The zero-order valence-corrected chi connectivity index (χ0v) is 18.6. The molecule has 2 fully saturated rings. The number of urea groups is 1. The van der Waals surface area contributed by atoms with Gasteiger partial charge in [0.05, 0.1) is 13.1 Å². The molecule has 1 aromatic rings. The highest BCUT2D eigenvalue weighted by molar-refractivity contribution is 5.91. The average Bonchev–Trinajstić information content (AvgIpc) is 2.75. The van der Waals surface area contributed by atoms with Crippen molar-refractivity contribution in [3.8, 4) is 0 Å². The Kier molecular flexibility index (Phi) is 7.86. The van der Waals surface area contributed by atoms with Gasteiger partial charge in [0.2, 0.25) is 11.8 Å². The Hall–Kier alpha value is -2.65. The maximum atomic E-state index is 13.2. The number of fused-ring (bicyclic) bond motifs is 1. The molecule has 1 N–H and O–H groups in total. The number of hydrazine groups is 1. The minimum Gasteiger partial charge on any atom is -0.385 e. The second kappa shape index (κ2) is 10.6. The van der Waals surface area contributed by atoms with E-state index in [-0.39, 0.29) is 30.9 Å². The summed E-state index contributed by atoms with van der Waals surface area (Å²) in [4.78, 5) is 42.6. The van der Waals surface area contributed by atoms with Gasteiger partial charge < -0.3 is 19.9 Å². The fourth-order valence-corrected chi connectivity index (χ4v) is 4.31. The SMILES string of the molecule is CCC[C@H]1C(=O)N(CCCOC)CC2N1C(=O)CN(C)N2C(=O)NCc1ccccc1. The van der Waals surface area contributed by atoms with E-state index in [0.29, 0.717) is 32.5 Å². The number of rotatable bonds is 8. The molecule has 2 heterocycles. The lowest BCUT2D eigenvalue weighted by atomic mass is 10.0. The average molecular weight is 432 g/mol. The van der Waals surface area contributed by atoms with E-state index in [0.717, 1.165) is 12.0 Å². The third kappa shape index (κ3) is 5.16. The Morgan fingerprint density at radius 1 is 1.23 bits per heavy atom. The van der Waals surface area contributed by atoms with E-state index in [1.165, 1.54) is 0 Å². The number of nitrogens with one attached hydrogen (secondary N) is 1. The molecular weight excluding hydrogens is 398 g/mol. The number of piperazine rings is 1. The first-order chi connectivity index (χ1) is 15.0. The molecule has 4 amide bonds. The van der Waals surface area contributed by atoms with Crippen LogP contribution in [0.4, 0.5) is 4.79 Å². The smallest absolute Gasteiger partial charge is 0.334 e. The molecule has 3 rings (SSSR count). The van der Waals surface area contributed by atoms with E-state index in [1.807, 2.05) is 37.3 Å². The molecule has 2 saturated heterocycles. The van der Waals surface area contributed by atoms with Crippen LogP contribution in [0.2, 0.25) is 0 Å². The molecule has 9 heteroatoms. The summed E-state index contributed by atoms with van der Waals surface area (Å²) < 4.78 is 5.13. The summed E-state index contributed by atoms with van der Waals surface area (Å²) in [5, 5.41) is 6.19. The van der Waals surface area contributed by atoms with E-state index >= 15 is 0 Å². The van der Waals surface area contributed by atoms with Crippen LogP contribution >= 0.6 is 0 Å². The van der Waals surface area contributed by atoms with Crippen molar-refractivity contribution in [2.45, 2.75) is 44.9 Å². The van der Waals surface area contributed by atoms with Crippen LogP contribution in [-0.4, -0.2) is 90.3 Å². The van der Waals surface area contributed by atoms with Crippen molar-refractivity contribution in [2.24, 2.45) is 0 Å². The fraction of sp³-hybridized carbons (Fsp3) is 0.591. The number of benzene rings is 1. The van der Waals surface area contributed by atoms with Crippen molar-refractivity contribution in [2.75, 3.05) is 40.4 Å². The van der Waals surface area contributed by atoms with Gasteiger partial charge in [-0.1, -0.05) is 43.7 Å². The standard InChI is InChI=1S/C22H33N5O4/c1-4-9-18-21(29)25(12-8-13-31-3)15-19-26(18)20(28)16-24(2)27(19)22(30)23-14-17-10-6-5-7-11-17/h5-7,10-11,18-19H,4,8-9,12-16H2,1-3H3,(H,23,30)/t18-,19?/m0/s1. The summed E-state index contributed by atoms with van der Waals surface area (Å²) in [5.41, 5.74) is 0.993. The first kappa shape index (κ1) is 23.0. The predicted molar refractivity (Wildman–Crippen MR) is 116 cm³/mol. The normalized spacial score (nSPS) is 22.0. The van der Waals surface area contributed by atoms with Gasteiger partial charge in [-0.15, -0.1) is 0 Å². The molecule has 0 saturated carbocycles. The quantitative estimate of drug-likeness (QED) is 0.627. The Morgan fingerprint density at radius 3 is 2.65 bits per heavy atom. The van der Waals surface area contributed by atoms with Gasteiger partial charge in [0.15, 0.2) is 0 Å². The molecular formula is C22H33N5O4. The number of nitrogens with zero attached hydrogens (tertiary/aromatic N) is 4. The van der Waals surface area contributed by atoms with Crippen LogP contribution in [0.1, 0.15) is 31.7 Å². The lowest BCUT2D eigenvalue weighted by Crippen LogP contribution is -2.75. The van der Waals surface area contributed by atoms with Crippen molar-refractivity contribution in [1.82, 2.24) is 25.1 Å². The highest BCUT2D eigenvalue weighted by Crippen LogP contribution is 2.28. The zero-order valence-electron chi connectivity index (χ0n) is 18.6. The number of carbonyl (C=O) groups excluding carboxylic acids is 3. The van der Waals surface area contributed by atoms with Crippen LogP contribution in [0.25, 0.3) is 0 Å². The van der Waals surface area contributed by atoms with Crippen molar-refractivity contribution in [3.05, 3.63) is 35.9 Å². The van der Waals surface area contributed by atoms with Gasteiger partial charge in [-0.2, -0.15) is 0 Å². The van der Waals surface area contributed by atoms with Crippen molar-refractivity contribution < 1.29 is 19.1 Å². The van der Waals surface area contributed by atoms with Gasteiger partial charge in [0.1, 0.15) is 12.2 Å². The molecule has 9 nitrogen and oxygen atoms in total. The molecule has 0 aliphatic carbocycles. The van der Waals surface area contributed by atoms with Crippen LogP contribution in [0.5, 0.6) is 0 Å². The van der Waals surface area contributed by atoms with Gasteiger partial charge in [-0.3, -0.25) is 9.59 Å². The lowest BCUT2D eigenvalue weighted by molar-refractivity contribution is -0.187. The number of amides is 4. The zero-order chi connectivity index (χ0) is 22.4. The molecule has 0 aromatic heterocycles. The van der Waals surface area contributed by atoms with Crippen molar-refractivity contribution in [1.29, 1.82) is 0 Å². The second-order valence-corrected chi connectivity index (χ2v) is 8.02. The Balaban J connectivity index is 1.81. The van der Waals surface area contributed by atoms with E-state index in [9.17, 15) is 14.4 Å². The number of hydrogen-bond acceptors (Lipinski definition) is 5. The van der Waals surface area contributed by atoms with Gasteiger partial charge in [0, 0.05) is 33.9 Å². The van der Waals surface area contributed by atoms with E-state index in [1.54, 1.807) is 34.0 Å². The van der Waals surface area contributed by atoms with Gasteiger partial charge in [-0.05, 0) is 18.4 Å². The number of ether oxygens (including phenoxy) is 1. The molecule has 0 radical (unpaired) electrons. The Morgan fingerprint density at radius 2 is 1.97 bits per heavy atom. The fourth-order valence-electron chi connectivity index (χ4n) is 4.31. The summed E-state index contributed by atoms with van der Waals surface area (Å²) in [7, 11) is 3.37. The topological polar surface area (TPSA) is 85.4 Å². The maximum Gasteiger partial charge on any atom is 0.334 e. The van der Waals surface area contributed by atoms with Crippen LogP contribution in [0.15, 0.2) is 30.3 Å². The summed E-state index contributed by atoms with van der Waals surface area (Å²) >= 11 is 0. The van der Waals surface area contributed by atoms with Crippen LogP contribution in [0, 0.1) is 0 Å². The molecule has 2 aliphatic heterocycles. The highest BCUT2D eigenvalue weighted by Gasteiger charge is 2.50. The largest absolute Gasteiger partial charge is 0.385 e. The summed E-state index contributed by atoms with van der Waals surface area (Å²) in [6.45, 7) is 3.83. The number of likely N-dealkylation sites (N-methyl/N-ethyl adjacent to an activating group) is 1. The molecule has 2 atom stereocenters. The maximum absolute atomic E-state index is 13.2. The Labute approximate surface area is 183 Å². The second-order valence-electron chi connectivity index (χ2n) is 8.02. The minimum absolute atomic E-state index is 0.0447. The molecule has 0 spiro atoms. The monoisotopic (exact) mass is 431 g/mol. The molecule has 0 bridgehead atoms. The summed E-state index contributed by atoms with van der Waals surface area (Å²) in [6.07, 6.45) is 1.52. The molecule has 2 aliphatic rings. The van der Waals surface area contributed by atoms with E-state index in [4.69, 9.17) is 4.74 Å². The summed E-state index contributed by atoms with van der Waals surface area (Å²) in [5.74, 6) is -0.167. The Bertz CT molecular complexity index is 774. The van der Waals surface area contributed by atoms with Gasteiger partial charge >= 0.3 is 6.03 Å². The number of hydrogen-bond donors (Lipinski definition) is 1. The highest BCUT2D eigenvalue weighted by atomic mass is 16.5. The summed E-state index contributed by atoms with van der Waals surface area (Å²) in [6, 6.07) is 8.85. The molecule has 170 valence electrons. The van der Waals surface area contributed by atoms with Gasteiger partial charge in [-0.25, -0.2) is 14.8 Å².